The zero-order valence-corrected chi connectivity index (χ0v) is 9.17. The van der Waals surface area contributed by atoms with Gasteiger partial charge in [-0.05, 0) is 43.5 Å². The zero-order valence-electron chi connectivity index (χ0n) is 9.17. The summed E-state index contributed by atoms with van der Waals surface area (Å²) in [6.45, 7) is 0.898. The Hall–Kier alpha value is -1.40. The molecule has 1 unspecified atom stereocenters. The van der Waals surface area contributed by atoms with Gasteiger partial charge in [0.1, 0.15) is 11.4 Å². The Labute approximate surface area is 95.1 Å². The lowest BCUT2D eigenvalue weighted by Gasteiger charge is -2.32. The second-order valence-corrected chi connectivity index (χ2v) is 4.38. The molecule has 1 aliphatic heterocycles. The van der Waals surface area contributed by atoms with Gasteiger partial charge in [-0.3, -0.25) is 5.32 Å². The molecule has 1 atom stereocenters. The van der Waals surface area contributed by atoms with Gasteiger partial charge in [-0.15, -0.1) is 0 Å². The average molecular weight is 218 g/mol. The van der Waals surface area contributed by atoms with Gasteiger partial charge in [-0.2, -0.15) is 5.26 Å². The van der Waals surface area contributed by atoms with Crippen LogP contribution in [0, 0.1) is 17.1 Å². The molecule has 1 aliphatic rings. The standard InChI is InChI=1S/C13H15FN2/c14-12-5-3-11(4-6-12)9-13(10-15)7-1-2-8-16-13/h3-6,16H,1-2,7-9H2. The number of piperidine rings is 1. The molecule has 2 rings (SSSR count). The maximum atomic E-state index is 12.8. The number of rotatable bonds is 2. The molecule has 1 aromatic carbocycles. The molecule has 1 heterocycles. The predicted molar refractivity (Wildman–Crippen MR) is 60.3 cm³/mol. The van der Waals surface area contributed by atoms with Crippen molar-refractivity contribution in [2.75, 3.05) is 6.54 Å². The lowest BCUT2D eigenvalue weighted by Crippen LogP contribution is -2.49. The molecule has 16 heavy (non-hydrogen) atoms. The van der Waals surface area contributed by atoms with E-state index in [1.54, 1.807) is 12.1 Å². The molecule has 0 bridgehead atoms. The van der Waals surface area contributed by atoms with Crippen LogP contribution in [0.5, 0.6) is 0 Å². The number of nitriles is 1. The molecule has 3 heteroatoms. The van der Waals surface area contributed by atoms with Gasteiger partial charge in [-0.1, -0.05) is 12.1 Å². The van der Waals surface area contributed by atoms with Gasteiger partial charge in [0.15, 0.2) is 0 Å². The van der Waals surface area contributed by atoms with Crippen LogP contribution < -0.4 is 5.32 Å². The number of benzene rings is 1. The molecule has 0 aliphatic carbocycles. The second-order valence-electron chi connectivity index (χ2n) is 4.38. The first-order valence-corrected chi connectivity index (χ1v) is 5.65. The van der Waals surface area contributed by atoms with Crippen molar-refractivity contribution in [2.45, 2.75) is 31.2 Å². The monoisotopic (exact) mass is 218 g/mol. The van der Waals surface area contributed by atoms with Crippen LogP contribution in [0.1, 0.15) is 24.8 Å². The quantitative estimate of drug-likeness (QED) is 0.827. The van der Waals surface area contributed by atoms with E-state index in [9.17, 15) is 9.65 Å². The van der Waals surface area contributed by atoms with E-state index in [0.29, 0.717) is 6.42 Å². The van der Waals surface area contributed by atoms with Crippen LogP contribution in [0.15, 0.2) is 24.3 Å². The number of hydrogen-bond donors (Lipinski definition) is 1. The van der Waals surface area contributed by atoms with E-state index in [1.165, 1.54) is 12.1 Å². The normalized spacial score (nSPS) is 25.0. The molecule has 0 amide bonds. The Morgan fingerprint density at radius 1 is 1.31 bits per heavy atom. The fourth-order valence-corrected chi connectivity index (χ4v) is 2.20. The van der Waals surface area contributed by atoms with Gasteiger partial charge >= 0.3 is 0 Å². The lowest BCUT2D eigenvalue weighted by molar-refractivity contribution is 0.321. The van der Waals surface area contributed by atoms with Gasteiger partial charge in [0.05, 0.1) is 6.07 Å². The minimum Gasteiger partial charge on any atom is -0.299 e. The van der Waals surface area contributed by atoms with Crippen LogP contribution in [0.25, 0.3) is 0 Å². The van der Waals surface area contributed by atoms with Crippen LogP contribution in [-0.2, 0) is 6.42 Å². The highest BCUT2D eigenvalue weighted by Gasteiger charge is 2.31. The molecule has 0 aromatic heterocycles. The molecule has 2 nitrogen and oxygen atoms in total. The van der Waals surface area contributed by atoms with Gasteiger partial charge in [0.2, 0.25) is 0 Å². The molecule has 0 radical (unpaired) electrons. The van der Waals surface area contributed by atoms with E-state index in [4.69, 9.17) is 0 Å². The van der Waals surface area contributed by atoms with Crippen molar-refractivity contribution in [1.82, 2.24) is 5.32 Å². The molecular weight excluding hydrogens is 203 g/mol. The Bertz CT molecular complexity index is 385. The first-order chi connectivity index (χ1) is 7.74. The summed E-state index contributed by atoms with van der Waals surface area (Å²) in [5, 5.41) is 12.6. The highest BCUT2D eigenvalue weighted by molar-refractivity contribution is 5.23. The summed E-state index contributed by atoms with van der Waals surface area (Å²) in [5.41, 5.74) is 0.563. The fraction of sp³-hybridized carbons (Fsp3) is 0.462. The maximum absolute atomic E-state index is 12.8. The van der Waals surface area contributed by atoms with Gasteiger partial charge in [0, 0.05) is 6.42 Å². The second kappa shape index (κ2) is 4.63. The predicted octanol–water partition coefficient (Wildman–Crippen LogP) is 2.40. The summed E-state index contributed by atoms with van der Waals surface area (Å²) in [5.74, 6) is -0.230. The molecule has 1 fully saturated rings. The smallest absolute Gasteiger partial charge is 0.123 e. The van der Waals surface area contributed by atoms with Crippen molar-refractivity contribution in [3.8, 4) is 6.07 Å². The minimum atomic E-state index is -0.448. The van der Waals surface area contributed by atoms with E-state index >= 15 is 0 Å². The van der Waals surface area contributed by atoms with Crippen LogP contribution in [0.3, 0.4) is 0 Å². The van der Waals surface area contributed by atoms with Crippen LogP contribution in [0.4, 0.5) is 4.39 Å². The highest BCUT2D eigenvalue weighted by atomic mass is 19.1. The third kappa shape index (κ3) is 2.40. The van der Waals surface area contributed by atoms with Gasteiger partial charge < -0.3 is 0 Å². The molecular formula is C13H15FN2. The third-order valence-electron chi connectivity index (χ3n) is 3.13. The average Bonchev–Trinajstić information content (AvgIpc) is 2.33. The number of nitrogens with zero attached hydrogens (tertiary/aromatic N) is 1. The van der Waals surface area contributed by atoms with Crippen LogP contribution in [0.2, 0.25) is 0 Å². The third-order valence-corrected chi connectivity index (χ3v) is 3.13. The molecule has 1 saturated heterocycles. The van der Waals surface area contributed by atoms with E-state index in [2.05, 4.69) is 11.4 Å². The highest BCUT2D eigenvalue weighted by Crippen LogP contribution is 2.23. The molecule has 84 valence electrons. The van der Waals surface area contributed by atoms with Crippen molar-refractivity contribution in [3.05, 3.63) is 35.6 Å². The Morgan fingerprint density at radius 2 is 2.06 bits per heavy atom. The summed E-state index contributed by atoms with van der Waals surface area (Å²) in [6, 6.07) is 8.78. The van der Waals surface area contributed by atoms with Gasteiger partial charge in [0.25, 0.3) is 0 Å². The summed E-state index contributed by atoms with van der Waals surface area (Å²) >= 11 is 0. The lowest BCUT2D eigenvalue weighted by atomic mass is 9.84. The minimum absolute atomic E-state index is 0.230. The molecule has 0 saturated carbocycles. The van der Waals surface area contributed by atoms with E-state index in [1.807, 2.05) is 0 Å². The van der Waals surface area contributed by atoms with E-state index in [0.717, 1.165) is 31.4 Å². The van der Waals surface area contributed by atoms with E-state index in [-0.39, 0.29) is 5.82 Å². The zero-order chi connectivity index (χ0) is 11.4. The topological polar surface area (TPSA) is 35.8 Å². The summed E-state index contributed by atoms with van der Waals surface area (Å²) in [6.07, 6.45) is 3.75. The molecule has 1 N–H and O–H groups in total. The molecule has 1 aromatic rings. The largest absolute Gasteiger partial charge is 0.299 e. The summed E-state index contributed by atoms with van der Waals surface area (Å²) < 4.78 is 12.8. The van der Waals surface area contributed by atoms with Crippen LogP contribution >= 0.6 is 0 Å². The van der Waals surface area contributed by atoms with Crippen molar-refractivity contribution >= 4 is 0 Å². The first-order valence-electron chi connectivity index (χ1n) is 5.65. The Morgan fingerprint density at radius 3 is 2.62 bits per heavy atom. The fourth-order valence-electron chi connectivity index (χ4n) is 2.20. The van der Waals surface area contributed by atoms with Crippen LogP contribution in [-0.4, -0.2) is 12.1 Å². The van der Waals surface area contributed by atoms with E-state index < -0.39 is 5.54 Å². The van der Waals surface area contributed by atoms with Crippen molar-refractivity contribution in [2.24, 2.45) is 0 Å². The Balaban J connectivity index is 2.12. The van der Waals surface area contributed by atoms with Crippen molar-refractivity contribution in [3.63, 3.8) is 0 Å². The number of halogens is 1. The Kier molecular flexibility index (Phi) is 3.21. The SMILES string of the molecule is N#CC1(Cc2ccc(F)cc2)CCCCN1. The van der Waals surface area contributed by atoms with Crippen molar-refractivity contribution < 1.29 is 4.39 Å². The number of nitrogens with one attached hydrogen (secondary N) is 1. The summed E-state index contributed by atoms with van der Waals surface area (Å²) in [4.78, 5) is 0. The number of hydrogen-bond acceptors (Lipinski definition) is 2. The molecule has 0 spiro atoms. The van der Waals surface area contributed by atoms with Gasteiger partial charge in [-0.25, -0.2) is 4.39 Å². The van der Waals surface area contributed by atoms with Crippen molar-refractivity contribution in [1.29, 1.82) is 5.26 Å². The maximum Gasteiger partial charge on any atom is 0.123 e. The summed E-state index contributed by atoms with van der Waals surface area (Å²) in [7, 11) is 0. The first kappa shape index (κ1) is 11.1.